The number of benzene rings is 1. The van der Waals surface area contributed by atoms with Gasteiger partial charge in [-0.3, -0.25) is 0 Å². The van der Waals surface area contributed by atoms with Crippen molar-refractivity contribution in [2.75, 3.05) is 6.54 Å². The van der Waals surface area contributed by atoms with Crippen molar-refractivity contribution in [2.45, 2.75) is 31.5 Å². The van der Waals surface area contributed by atoms with Crippen LogP contribution in [0.4, 0.5) is 13.2 Å². The fraction of sp³-hybridized carbons (Fsp3) is 0.538. The van der Waals surface area contributed by atoms with Gasteiger partial charge in [0.2, 0.25) is 0 Å². The maximum Gasteiger partial charge on any atom is 0.391 e. The lowest BCUT2D eigenvalue weighted by Crippen LogP contribution is -2.49. The Kier molecular flexibility index (Phi) is 3.17. The molecule has 0 spiro atoms. The van der Waals surface area contributed by atoms with Crippen molar-refractivity contribution in [3.63, 3.8) is 0 Å². The molecule has 0 aliphatic carbocycles. The number of piperidine rings is 1. The average Bonchev–Trinajstić information content (AvgIpc) is 2.29. The molecule has 0 radical (unpaired) electrons. The third-order valence-corrected chi connectivity index (χ3v) is 3.54. The summed E-state index contributed by atoms with van der Waals surface area (Å²) >= 11 is 0. The van der Waals surface area contributed by atoms with Crippen LogP contribution in [0.5, 0.6) is 0 Å². The average molecular weight is 243 g/mol. The fourth-order valence-electron chi connectivity index (χ4n) is 2.49. The zero-order valence-electron chi connectivity index (χ0n) is 9.72. The van der Waals surface area contributed by atoms with Gasteiger partial charge in [-0.25, -0.2) is 0 Å². The van der Waals surface area contributed by atoms with Crippen LogP contribution in [-0.4, -0.2) is 12.7 Å². The Bertz CT molecular complexity index is 374. The molecule has 1 fully saturated rings. The Morgan fingerprint density at radius 2 is 1.88 bits per heavy atom. The van der Waals surface area contributed by atoms with E-state index in [1.807, 2.05) is 37.3 Å². The molecule has 94 valence electrons. The zero-order chi connectivity index (χ0) is 12.5. The Labute approximate surface area is 99.0 Å². The largest absolute Gasteiger partial charge is 0.391 e. The number of alkyl halides is 3. The first kappa shape index (κ1) is 12.4. The van der Waals surface area contributed by atoms with Crippen LogP contribution < -0.4 is 5.32 Å². The van der Waals surface area contributed by atoms with Gasteiger partial charge in [0.1, 0.15) is 0 Å². The van der Waals surface area contributed by atoms with Gasteiger partial charge in [-0.05, 0) is 31.9 Å². The highest BCUT2D eigenvalue weighted by Gasteiger charge is 2.46. The van der Waals surface area contributed by atoms with Gasteiger partial charge in [0.05, 0.1) is 5.92 Å². The van der Waals surface area contributed by atoms with Gasteiger partial charge in [0.15, 0.2) is 0 Å². The van der Waals surface area contributed by atoms with E-state index < -0.39 is 17.6 Å². The number of halogens is 3. The number of hydrogen-bond donors (Lipinski definition) is 1. The van der Waals surface area contributed by atoms with Crippen LogP contribution in [0.15, 0.2) is 30.3 Å². The van der Waals surface area contributed by atoms with Gasteiger partial charge in [0.25, 0.3) is 0 Å². The highest BCUT2D eigenvalue weighted by atomic mass is 19.4. The van der Waals surface area contributed by atoms with Crippen LogP contribution in [0.25, 0.3) is 0 Å². The van der Waals surface area contributed by atoms with E-state index in [2.05, 4.69) is 5.32 Å². The van der Waals surface area contributed by atoms with Gasteiger partial charge in [-0.15, -0.1) is 0 Å². The van der Waals surface area contributed by atoms with E-state index in [1.54, 1.807) is 0 Å². The van der Waals surface area contributed by atoms with Crippen LogP contribution >= 0.6 is 0 Å². The summed E-state index contributed by atoms with van der Waals surface area (Å²) in [5, 5.41) is 3.21. The van der Waals surface area contributed by atoms with Crippen molar-refractivity contribution < 1.29 is 13.2 Å². The van der Waals surface area contributed by atoms with Crippen LogP contribution in [0.2, 0.25) is 0 Å². The van der Waals surface area contributed by atoms with Crippen LogP contribution in [-0.2, 0) is 5.54 Å². The highest BCUT2D eigenvalue weighted by Crippen LogP contribution is 2.41. The molecule has 0 saturated carbocycles. The van der Waals surface area contributed by atoms with E-state index in [4.69, 9.17) is 0 Å². The van der Waals surface area contributed by atoms with E-state index in [0.29, 0.717) is 6.54 Å². The van der Waals surface area contributed by atoms with E-state index in [9.17, 15) is 13.2 Å². The first-order chi connectivity index (χ1) is 7.92. The predicted molar refractivity (Wildman–Crippen MR) is 60.6 cm³/mol. The van der Waals surface area contributed by atoms with Crippen molar-refractivity contribution in [3.05, 3.63) is 35.9 Å². The lowest BCUT2D eigenvalue weighted by Gasteiger charge is -2.40. The van der Waals surface area contributed by atoms with E-state index >= 15 is 0 Å². The second kappa shape index (κ2) is 4.33. The molecule has 0 aromatic heterocycles. The van der Waals surface area contributed by atoms with Gasteiger partial charge in [-0.1, -0.05) is 30.3 Å². The maximum absolute atomic E-state index is 12.8. The number of rotatable bonds is 1. The lowest BCUT2D eigenvalue weighted by molar-refractivity contribution is -0.187. The molecular formula is C13H16F3N. The van der Waals surface area contributed by atoms with E-state index in [-0.39, 0.29) is 12.8 Å². The first-order valence-corrected chi connectivity index (χ1v) is 5.79. The molecule has 17 heavy (non-hydrogen) atoms. The molecule has 1 nitrogen and oxygen atoms in total. The fourth-order valence-corrected chi connectivity index (χ4v) is 2.49. The van der Waals surface area contributed by atoms with Crippen LogP contribution in [0.1, 0.15) is 25.3 Å². The zero-order valence-corrected chi connectivity index (χ0v) is 9.72. The summed E-state index contributed by atoms with van der Waals surface area (Å²) < 4.78 is 38.3. The monoisotopic (exact) mass is 243 g/mol. The van der Waals surface area contributed by atoms with Gasteiger partial charge < -0.3 is 5.32 Å². The molecule has 1 aromatic carbocycles. The minimum Gasteiger partial charge on any atom is -0.308 e. The number of nitrogens with one attached hydrogen (secondary N) is 1. The summed E-state index contributed by atoms with van der Waals surface area (Å²) in [5.41, 5.74) is 0.355. The smallest absolute Gasteiger partial charge is 0.308 e. The molecule has 1 aliphatic rings. The predicted octanol–water partition coefficient (Wildman–Crippen LogP) is 3.46. The Balaban J connectivity index is 2.21. The molecule has 1 N–H and O–H groups in total. The third-order valence-electron chi connectivity index (χ3n) is 3.54. The second-order valence-corrected chi connectivity index (χ2v) is 4.86. The second-order valence-electron chi connectivity index (χ2n) is 4.86. The van der Waals surface area contributed by atoms with Crippen molar-refractivity contribution in [1.82, 2.24) is 5.32 Å². The molecule has 1 aliphatic heterocycles. The minimum absolute atomic E-state index is 0.112. The summed E-state index contributed by atoms with van der Waals surface area (Å²) in [4.78, 5) is 0. The topological polar surface area (TPSA) is 12.0 Å². The van der Waals surface area contributed by atoms with Crippen molar-refractivity contribution in [1.29, 1.82) is 0 Å². The SMILES string of the molecule is CC1(c2ccccc2)CC(C(F)(F)F)CCN1. The van der Waals surface area contributed by atoms with E-state index in [1.165, 1.54) is 0 Å². The summed E-state index contributed by atoms with van der Waals surface area (Å²) in [5.74, 6) is -1.20. The Morgan fingerprint density at radius 1 is 1.24 bits per heavy atom. The third kappa shape index (κ3) is 2.63. The van der Waals surface area contributed by atoms with Crippen molar-refractivity contribution in [3.8, 4) is 0 Å². The Morgan fingerprint density at radius 3 is 2.47 bits per heavy atom. The molecule has 1 saturated heterocycles. The van der Waals surface area contributed by atoms with E-state index in [0.717, 1.165) is 5.56 Å². The molecule has 2 rings (SSSR count). The van der Waals surface area contributed by atoms with Gasteiger partial charge in [-0.2, -0.15) is 13.2 Å². The lowest BCUT2D eigenvalue weighted by atomic mass is 9.78. The minimum atomic E-state index is -4.09. The maximum atomic E-state index is 12.8. The quantitative estimate of drug-likeness (QED) is 0.796. The molecule has 2 unspecified atom stereocenters. The van der Waals surface area contributed by atoms with Crippen LogP contribution in [0.3, 0.4) is 0 Å². The summed E-state index contributed by atoms with van der Waals surface area (Å²) in [6.45, 7) is 2.26. The highest BCUT2D eigenvalue weighted by molar-refractivity contribution is 5.24. The van der Waals surface area contributed by atoms with Gasteiger partial charge >= 0.3 is 6.18 Å². The standard InChI is InChI=1S/C13H16F3N/c1-12(10-5-3-2-4-6-10)9-11(7-8-17-12)13(14,15)16/h2-6,11,17H,7-9H2,1H3. The summed E-state index contributed by atoms with van der Waals surface area (Å²) in [6, 6.07) is 9.35. The molecule has 1 aromatic rings. The summed E-state index contributed by atoms with van der Waals surface area (Å²) in [6.07, 6.45) is -3.80. The first-order valence-electron chi connectivity index (χ1n) is 5.79. The van der Waals surface area contributed by atoms with Crippen molar-refractivity contribution in [2.24, 2.45) is 5.92 Å². The molecule has 2 atom stereocenters. The molecule has 0 amide bonds. The van der Waals surface area contributed by atoms with Gasteiger partial charge in [0, 0.05) is 5.54 Å². The van der Waals surface area contributed by atoms with Crippen molar-refractivity contribution >= 4 is 0 Å². The molecule has 0 bridgehead atoms. The summed E-state index contributed by atoms with van der Waals surface area (Å²) in [7, 11) is 0. The van der Waals surface area contributed by atoms with Crippen LogP contribution in [0, 0.1) is 5.92 Å². The molecular weight excluding hydrogens is 227 g/mol. The molecule has 1 heterocycles. The normalized spacial score (nSPS) is 30.2. The number of hydrogen-bond acceptors (Lipinski definition) is 1. The molecule has 4 heteroatoms. The Hall–Kier alpha value is -1.03.